The molecule has 1 fully saturated rings. The first-order chi connectivity index (χ1) is 10.3. The number of aliphatic carboxylic acids is 1. The van der Waals surface area contributed by atoms with Crippen molar-refractivity contribution in [3.63, 3.8) is 0 Å². The smallest absolute Gasteiger partial charge is 0.305 e. The fourth-order valence-electron chi connectivity index (χ4n) is 2.97. The molecule has 1 heterocycles. The third-order valence-corrected chi connectivity index (χ3v) is 3.96. The van der Waals surface area contributed by atoms with Gasteiger partial charge in [0, 0.05) is 19.7 Å². The van der Waals surface area contributed by atoms with Crippen LogP contribution in [0.3, 0.4) is 0 Å². The van der Waals surface area contributed by atoms with Gasteiger partial charge < -0.3 is 19.5 Å². The van der Waals surface area contributed by atoms with Crippen LogP contribution >= 0.6 is 0 Å². The summed E-state index contributed by atoms with van der Waals surface area (Å²) in [5.41, 5.74) is 0. The van der Waals surface area contributed by atoms with Crippen LogP contribution in [0.1, 0.15) is 46.5 Å². The van der Waals surface area contributed by atoms with Gasteiger partial charge >= 0.3 is 5.97 Å². The maximum absolute atomic E-state index is 12.3. The van der Waals surface area contributed by atoms with Crippen LogP contribution in [0.2, 0.25) is 0 Å². The molecule has 0 aromatic carbocycles. The summed E-state index contributed by atoms with van der Waals surface area (Å²) in [5, 5.41) is 8.96. The molecule has 1 N–H and O–H groups in total. The van der Waals surface area contributed by atoms with E-state index in [2.05, 4.69) is 13.8 Å². The van der Waals surface area contributed by atoms with Gasteiger partial charge in [0.25, 0.3) is 0 Å². The largest absolute Gasteiger partial charge is 0.481 e. The lowest BCUT2D eigenvalue weighted by Gasteiger charge is -2.23. The van der Waals surface area contributed by atoms with Gasteiger partial charge in [0.2, 0.25) is 5.91 Å². The molecule has 1 saturated heterocycles. The summed E-state index contributed by atoms with van der Waals surface area (Å²) in [6.07, 6.45) is 1.86. The Kier molecular flexibility index (Phi) is 7.82. The first-order valence-electron chi connectivity index (χ1n) is 7.99. The molecule has 3 atom stereocenters. The first-order valence-corrected chi connectivity index (χ1v) is 7.99. The fourth-order valence-corrected chi connectivity index (χ4v) is 2.97. The third-order valence-electron chi connectivity index (χ3n) is 3.96. The summed E-state index contributed by atoms with van der Waals surface area (Å²) >= 11 is 0. The molecule has 128 valence electrons. The summed E-state index contributed by atoms with van der Waals surface area (Å²) in [7, 11) is 1.59. The van der Waals surface area contributed by atoms with Crippen molar-refractivity contribution < 1.29 is 24.2 Å². The van der Waals surface area contributed by atoms with E-state index in [1.807, 2.05) is 6.92 Å². The molecular formula is C16H29NO5. The van der Waals surface area contributed by atoms with Gasteiger partial charge in [-0.05, 0) is 25.7 Å². The van der Waals surface area contributed by atoms with Gasteiger partial charge in [-0.15, -0.1) is 0 Å². The number of methoxy groups -OCH3 is 1. The van der Waals surface area contributed by atoms with Crippen LogP contribution in [0, 0.1) is 5.92 Å². The summed E-state index contributed by atoms with van der Waals surface area (Å²) in [6, 6.07) is -0.275. The minimum atomic E-state index is -0.888. The lowest BCUT2D eigenvalue weighted by atomic mass is 10.1. The van der Waals surface area contributed by atoms with Gasteiger partial charge in [-0.2, -0.15) is 0 Å². The minimum Gasteiger partial charge on any atom is -0.481 e. The fraction of sp³-hybridized carbons (Fsp3) is 0.875. The highest BCUT2D eigenvalue weighted by molar-refractivity contribution is 5.78. The van der Waals surface area contributed by atoms with Crippen LogP contribution in [0.15, 0.2) is 0 Å². The van der Waals surface area contributed by atoms with Crippen molar-refractivity contribution >= 4 is 11.9 Å². The molecule has 0 saturated carbocycles. The average molecular weight is 315 g/mol. The molecule has 0 radical (unpaired) electrons. The van der Waals surface area contributed by atoms with Crippen molar-refractivity contribution in [2.24, 2.45) is 5.92 Å². The van der Waals surface area contributed by atoms with E-state index >= 15 is 0 Å². The van der Waals surface area contributed by atoms with Crippen LogP contribution in [-0.4, -0.2) is 60.4 Å². The number of carbonyl (C=O) groups excluding carboxylic acids is 1. The Morgan fingerprint density at radius 1 is 1.32 bits per heavy atom. The number of likely N-dealkylation sites (tertiary alicyclic amines) is 1. The van der Waals surface area contributed by atoms with E-state index in [1.54, 1.807) is 12.0 Å². The minimum absolute atomic E-state index is 0.0315. The van der Waals surface area contributed by atoms with E-state index in [9.17, 15) is 9.59 Å². The van der Waals surface area contributed by atoms with E-state index < -0.39 is 5.97 Å². The van der Waals surface area contributed by atoms with Crippen LogP contribution < -0.4 is 0 Å². The molecule has 6 heteroatoms. The quantitative estimate of drug-likeness (QED) is 0.703. The number of nitrogens with zero attached hydrogens (tertiary/aromatic N) is 1. The van der Waals surface area contributed by atoms with Gasteiger partial charge in [-0.3, -0.25) is 9.59 Å². The van der Waals surface area contributed by atoms with Gasteiger partial charge in [-0.25, -0.2) is 0 Å². The van der Waals surface area contributed by atoms with Gasteiger partial charge in [0.05, 0.1) is 31.7 Å². The second-order valence-corrected chi connectivity index (χ2v) is 6.45. The van der Waals surface area contributed by atoms with E-state index in [0.29, 0.717) is 25.5 Å². The Morgan fingerprint density at radius 3 is 2.55 bits per heavy atom. The summed E-state index contributed by atoms with van der Waals surface area (Å²) in [6.45, 7) is 7.12. The molecular weight excluding hydrogens is 286 g/mol. The summed E-state index contributed by atoms with van der Waals surface area (Å²) in [4.78, 5) is 24.9. The molecule has 3 unspecified atom stereocenters. The Balaban J connectivity index is 2.43. The molecule has 0 bridgehead atoms. The van der Waals surface area contributed by atoms with Crippen LogP contribution in [0.4, 0.5) is 0 Å². The Labute approximate surface area is 132 Å². The van der Waals surface area contributed by atoms with Crippen molar-refractivity contribution in [2.75, 3.05) is 20.3 Å². The molecule has 6 nitrogen and oxygen atoms in total. The Bertz CT molecular complexity index is 372. The van der Waals surface area contributed by atoms with Crippen LogP contribution in [-0.2, 0) is 19.1 Å². The molecule has 1 rings (SSSR count). The second kappa shape index (κ2) is 9.10. The molecule has 0 aliphatic carbocycles. The Hall–Kier alpha value is -1.14. The van der Waals surface area contributed by atoms with Gasteiger partial charge in [-0.1, -0.05) is 13.8 Å². The van der Waals surface area contributed by atoms with E-state index in [-0.39, 0.29) is 37.0 Å². The van der Waals surface area contributed by atoms with Gasteiger partial charge in [0.1, 0.15) is 0 Å². The molecule has 0 aromatic heterocycles. The number of carboxylic acids is 1. The van der Waals surface area contributed by atoms with E-state index in [0.717, 1.165) is 6.42 Å². The third kappa shape index (κ3) is 6.32. The van der Waals surface area contributed by atoms with Crippen molar-refractivity contribution in [2.45, 2.75) is 64.7 Å². The lowest BCUT2D eigenvalue weighted by molar-refractivity contribution is -0.140. The SMILES string of the molecule is COC1CC(CC(=O)O)N(C(=O)CCOC(C)CC(C)C)C1. The van der Waals surface area contributed by atoms with Crippen molar-refractivity contribution in [3.05, 3.63) is 0 Å². The van der Waals surface area contributed by atoms with Crippen LogP contribution in [0.25, 0.3) is 0 Å². The predicted octanol–water partition coefficient (Wildman–Crippen LogP) is 1.92. The number of hydrogen-bond donors (Lipinski definition) is 1. The van der Waals surface area contributed by atoms with Gasteiger partial charge in [0.15, 0.2) is 0 Å². The van der Waals surface area contributed by atoms with Crippen LogP contribution in [0.5, 0.6) is 0 Å². The number of rotatable bonds is 9. The molecule has 1 aliphatic heterocycles. The maximum Gasteiger partial charge on any atom is 0.305 e. The number of carbonyl (C=O) groups is 2. The molecule has 1 aliphatic rings. The monoisotopic (exact) mass is 315 g/mol. The standard InChI is InChI=1S/C16H29NO5/c1-11(2)7-12(3)22-6-5-15(18)17-10-14(21-4)8-13(17)9-16(19)20/h11-14H,5-10H2,1-4H3,(H,19,20). The number of hydrogen-bond acceptors (Lipinski definition) is 4. The summed E-state index contributed by atoms with van der Waals surface area (Å²) in [5.74, 6) is -0.379. The lowest BCUT2D eigenvalue weighted by Crippen LogP contribution is -2.38. The van der Waals surface area contributed by atoms with Crippen molar-refractivity contribution in [1.82, 2.24) is 4.90 Å². The average Bonchev–Trinajstić information content (AvgIpc) is 2.80. The van der Waals surface area contributed by atoms with Crippen molar-refractivity contribution in [3.8, 4) is 0 Å². The first kappa shape index (κ1) is 18.9. The number of amides is 1. The molecule has 0 spiro atoms. The highest BCUT2D eigenvalue weighted by Crippen LogP contribution is 2.23. The van der Waals surface area contributed by atoms with E-state index in [1.165, 1.54) is 0 Å². The Morgan fingerprint density at radius 2 is 2.00 bits per heavy atom. The topological polar surface area (TPSA) is 76.1 Å². The number of ether oxygens (including phenoxy) is 2. The highest BCUT2D eigenvalue weighted by Gasteiger charge is 2.36. The van der Waals surface area contributed by atoms with Crippen molar-refractivity contribution in [1.29, 1.82) is 0 Å². The molecule has 0 aromatic rings. The normalized spacial score (nSPS) is 23.0. The summed E-state index contributed by atoms with van der Waals surface area (Å²) < 4.78 is 10.9. The number of carboxylic acid groups (broad SMARTS) is 1. The molecule has 22 heavy (non-hydrogen) atoms. The zero-order valence-corrected chi connectivity index (χ0v) is 14.1. The van der Waals surface area contributed by atoms with E-state index in [4.69, 9.17) is 14.6 Å². The highest BCUT2D eigenvalue weighted by atomic mass is 16.5. The maximum atomic E-state index is 12.3. The zero-order chi connectivity index (χ0) is 16.7. The molecule has 1 amide bonds. The predicted molar refractivity (Wildman–Crippen MR) is 82.7 cm³/mol. The zero-order valence-electron chi connectivity index (χ0n) is 14.1. The second-order valence-electron chi connectivity index (χ2n) is 6.45.